The van der Waals surface area contributed by atoms with Crippen LogP contribution in [0.1, 0.15) is 51.8 Å². The van der Waals surface area contributed by atoms with Crippen molar-refractivity contribution in [1.82, 2.24) is 15.3 Å². The molecule has 1 aromatic heterocycles. The minimum Gasteiger partial charge on any atom is -0.463 e. The van der Waals surface area contributed by atoms with Crippen molar-refractivity contribution in [3.8, 4) is 5.88 Å². The number of hydrogen-bond donors (Lipinski definition) is 3. The first kappa shape index (κ1) is 23.2. The summed E-state index contributed by atoms with van der Waals surface area (Å²) in [6, 6.07) is 0. The molecule has 0 unspecified atom stereocenters. The summed E-state index contributed by atoms with van der Waals surface area (Å²) in [5.74, 6) is 1.47. The molecule has 0 bridgehead atoms. The predicted molar refractivity (Wildman–Crippen MR) is 128 cm³/mol. The second kappa shape index (κ2) is 9.09. The standard InChI is InChI=1S/C25H33N5O3/c1-16-28-22(26)20-23(29-16)33-24(2,3)21(30-20)18-6-4-10-25(11-5-7-18)12-8-17(9-13-25)14-27-19(32)15-31/h4-7,10,17,31H,8-9,11-15H2,1-3H3,(H,27,32)(H2,26,28,29)/b7-5?,10-4+,18-6?. The number of nitrogens with one attached hydrogen (secondary N) is 1. The van der Waals surface area contributed by atoms with Gasteiger partial charge in [-0.25, -0.2) is 9.98 Å². The second-order valence-electron chi connectivity index (χ2n) is 9.74. The zero-order valence-corrected chi connectivity index (χ0v) is 19.6. The van der Waals surface area contributed by atoms with Crippen LogP contribution in [0, 0.1) is 18.3 Å². The molecule has 4 rings (SSSR count). The molecule has 0 saturated heterocycles. The number of aliphatic imine (C=N–C) groups is 1. The molecular weight excluding hydrogens is 418 g/mol. The minimum absolute atomic E-state index is 0.138. The van der Waals surface area contributed by atoms with Crippen LogP contribution in [0.15, 0.2) is 40.9 Å². The first-order valence-corrected chi connectivity index (χ1v) is 11.6. The van der Waals surface area contributed by atoms with E-state index in [0.717, 1.165) is 43.4 Å². The van der Waals surface area contributed by atoms with Gasteiger partial charge in [-0.1, -0.05) is 30.4 Å². The Balaban J connectivity index is 1.51. The number of aliphatic hydroxyl groups is 1. The lowest BCUT2D eigenvalue weighted by Gasteiger charge is -2.38. The predicted octanol–water partition coefficient (Wildman–Crippen LogP) is 3.34. The third-order valence-electron chi connectivity index (χ3n) is 6.79. The van der Waals surface area contributed by atoms with Gasteiger partial charge in [0, 0.05) is 6.54 Å². The average Bonchev–Trinajstić information content (AvgIpc) is 2.75. The van der Waals surface area contributed by atoms with E-state index in [0.29, 0.717) is 35.7 Å². The highest BCUT2D eigenvalue weighted by molar-refractivity contribution is 6.11. The van der Waals surface area contributed by atoms with Crippen molar-refractivity contribution in [2.75, 3.05) is 18.9 Å². The lowest BCUT2D eigenvalue weighted by atomic mass is 9.68. The van der Waals surface area contributed by atoms with Crippen molar-refractivity contribution in [1.29, 1.82) is 0 Å². The van der Waals surface area contributed by atoms with Gasteiger partial charge in [-0.3, -0.25) is 4.79 Å². The van der Waals surface area contributed by atoms with E-state index < -0.39 is 12.2 Å². The van der Waals surface area contributed by atoms with Crippen LogP contribution in [0.25, 0.3) is 0 Å². The molecule has 8 nitrogen and oxygen atoms in total. The van der Waals surface area contributed by atoms with E-state index in [9.17, 15) is 4.79 Å². The second-order valence-corrected chi connectivity index (χ2v) is 9.74. The van der Waals surface area contributed by atoms with Crippen molar-refractivity contribution >= 4 is 23.1 Å². The fourth-order valence-corrected chi connectivity index (χ4v) is 4.89. The largest absolute Gasteiger partial charge is 0.463 e. The van der Waals surface area contributed by atoms with Crippen molar-refractivity contribution in [2.45, 2.75) is 58.5 Å². The van der Waals surface area contributed by atoms with Crippen molar-refractivity contribution in [3.63, 3.8) is 0 Å². The number of hydrogen-bond acceptors (Lipinski definition) is 7. The molecule has 2 heterocycles. The normalized spacial score (nSPS) is 26.8. The maximum Gasteiger partial charge on any atom is 0.246 e. The average molecular weight is 452 g/mol. The Morgan fingerprint density at radius 2 is 2.06 bits per heavy atom. The molecule has 0 atom stereocenters. The molecule has 1 aliphatic heterocycles. The van der Waals surface area contributed by atoms with Gasteiger partial charge in [0.15, 0.2) is 11.5 Å². The summed E-state index contributed by atoms with van der Waals surface area (Å²) in [6.45, 7) is 5.94. The van der Waals surface area contributed by atoms with Gasteiger partial charge in [-0.15, -0.1) is 0 Å². The van der Waals surface area contributed by atoms with E-state index in [2.05, 4.69) is 45.7 Å². The van der Waals surface area contributed by atoms with E-state index in [4.69, 9.17) is 20.6 Å². The molecule has 1 amide bonds. The van der Waals surface area contributed by atoms with Gasteiger partial charge in [0.05, 0.1) is 5.71 Å². The highest BCUT2D eigenvalue weighted by atomic mass is 16.5. The number of aryl methyl sites for hydroxylation is 1. The molecule has 0 aromatic carbocycles. The Morgan fingerprint density at radius 1 is 1.30 bits per heavy atom. The molecule has 1 fully saturated rings. The van der Waals surface area contributed by atoms with Gasteiger partial charge in [0.2, 0.25) is 11.8 Å². The number of nitrogen functional groups attached to an aromatic ring is 1. The fourth-order valence-electron chi connectivity index (χ4n) is 4.89. The number of nitrogens with two attached hydrogens (primary N) is 1. The molecule has 176 valence electrons. The van der Waals surface area contributed by atoms with Gasteiger partial charge in [-0.2, -0.15) is 4.98 Å². The Kier molecular flexibility index (Phi) is 6.38. The number of aromatic nitrogens is 2. The molecular formula is C25H33N5O3. The van der Waals surface area contributed by atoms with E-state index in [1.54, 1.807) is 6.92 Å². The van der Waals surface area contributed by atoms with E-state index >= 15 is 0 Å². The number of aliphatic hydroxyl groups excluding tert-OH is 1. The number of rotatable bonds is 4. The number of anilines is 1. The van der Waals surface area contributed by atoms with Gasteiger partial charge in [0.25, 0.3) is 0 Å². The van der Waals surface area contributed by atoms with Gasteiger partial charge < -0.3 is 20.9 Å². The molecule has 1 spiro atoms. The molecule has 33 heavy (non-hydrogen) atoms. The van der Waals surface area contributed by atoms with Crippen LogP contribution in [-0.4, -0.2) is 45.4 Å². The Hall–Kier alpha value is -3.00. The smallest absolute Gasteiger partial charge is 0.246 e. The van der Waals surface area contributed by atoms with Gasteiger partial charge in [-0.05, 0) is 69.8 Å². The van der Waals surface area contributed by atoms with Gasteiger partial charge >= 0.3 is 0 Å². The number of ether oxygens (including phenoxy) is 1. The maximum absolute atomic E-state index is 11.3. The number of carbonyl (C=O) groups excluding carboxylic acids is 1. The monoisotopic (exact) mass is 451 g/mol. The highest BCUT2D eigenvalue weighted by Gasteiger charge is 2.37. The summed E-state index contributed by atoms with van der Waals surface area (Å²) in [5, 5.41) is 11.7. The van der Waals surface area contributed by atoms with Crippen LogP contribution in [0.4, 0.5) is 11.5 Å². The van der Waals surface area contributed by atoms with Crippen LogP contribution in [0.2, 0.25) is 0 Å². The van der Waals surface area contributed by atoms with E-state index in [1.807, 2.05) is 13.8 Å². The SMILES string of the molecule is Cc1nc(N)c2c(n1)OC(C)(C)C(C1=C/C=C/C3(CC=C1)CCC(CNC(=O)CO)CC3)=N2. The quantitative estimate of drug-likeness (QED) is 0.645. The van der Waals surface area contributed by atoms with E-state index in [1.165, 1.54) is 0 Å². The first-order chi connectivity index (χ1) is 15.7. The lowest BCUT2D eigenvalue weighted by Crippen LogP contribution is -2.41. The topological polar surface area (TPSA) is 123 Å². The lowest BCUT2D eigenvalue weighted by molar-refractivity contribution is -0.124. The summed E-state index contributed by atoms with van der Waals surface area (Å²) < 4.78 is 6.18. The minimum atomic E-state index is -0.655. The Labute approximate surface area is 194 Å². The molecule has 1 aromatic rings. The fraction of sp³-hybridized carbons (Fsp3) is 0.520. The zero-order chi connectivity index (χ0) is 23.6. The van der Waals surface area contributed by atoms with Crippen LogP contribution < -0.4 is 15.8 Å². The van der Waals surface area contributed by atoms with Crippen LogP contribution in [-0.2, 0) is 4.79 Å². The van der Waals surface area contributed by atoms with Crippen LogP contribution >= 0.6 is 0 Å². The number of fused-ring (bicyclic) bond motifs is 1. The van der Waals surface area contributed by atoms with Crippen molar-refractivity contribution < 1.29 is 14.6 Å². The summed E-state index contributed by atoms with van der Waals surface area (Å²) in [7, 11) is 0. The Bertz CT molecular complexity index is 1050. The molecule has 4 N–H and O–H groups in total. The molecule has 3 aliphatic rings. The molecule has 2 aliphatic carbocycles. The number of nitrogens with zero attached hydrogens (tertiary/aromatic N) is 3. The number of amides is 1. The molecule has 0 radical (unpaired) electrons. The third kappa shape index (κ3) is 5.00. The summed E-state index contributed by atoms with van der Waals surface area (Å²) in [5.41, 5.74) is 7.86. The Morgan fingerprint density at radius 3 is 2.79 bits per heavy atom. The first-order valence-electron chi connectivity index (χ1n) is 11.6. The highest BCUT2D eigenvalue weighted by Crippen LogP contribution is 2.44. The molecule has 8 heteroatoms. The third-order valence-corrected chi connectivity index (χ3v) is 6.79. The molecule has 1 saturated carbocycles. The summed E-state index contributed by atoms with van der Waals surface area (Å²) >= 11 is 0. The van der Waals surface area contributed by atoms with Gasteiger partial charge in [0.1, 0.15) is 18.0 Å². The van der Waals surface area contributed by atoms with Crippen molar-refractivity contribution in [2.24, 2.45) is 16.3 Å². The van der Waals surface area contributed by atoms with E-state index in [-0.39, 0.29) is 11.3 Å². The maximum atomic E-state index is 11.3. The number of carbonyl (C=O) groups is 1. The van der Waals surface area contributed by atoms with Crippen LogP contribution in [0.5, 0.6) is 5.88 Å². The number of allylic oxidation sites excluding steroid dienone is 5. The zero-order valence-electron chi connectivity index (χ0n) is 19.6. The van der Waals surface area contributed by atoms with Crippen molar-refractivity contribution in [3.05, 3.63) is 41.8 Å². The summed E-state index contributed by atoms with van der Waals surface area (Å²) in [4.78, 5) is 24.7. The summed E-state index contributed by atoms with van der Waals surface area (Å²) in [6.07, 6.45) is 16.1. The van der Waals surface area contributed by atoms with Crippen LogP contribution in [0.3, 0.4) is 0 Å².